The van der Waals surface area contributed by atoms with Crippen molar-refractivity contribution in [3.8, 4) is 29.3 Å². The minimum absolute atomic E-state index is 0.519. The summed E-state index contributed by atoms with van der Waals surface area (Å²) in [7, 11) is -2.88. The minimum atomic E-state index is -2.88. The van der Waals surface area contributed by atoms with E-state index in [1.54, 1.807) is 0 Å². The summed E-state index contributed by atoms with van der Waals surface area (Å²) in [5.74, 6) is 1.98. The van der Waals surface area contributed by atoms with E-state index in [1.165, 1.54) is 20.7 Å². The minimum Gasteiger partial charge on any atom is -0.309 e. The molecule has 79 heavy (non-hydrogen) atoms. The molecule has 5 heterocycles. The Balaban J connectivity index is 1.01. The summed E-state index contributed by atoms with van der Waals surface area (Å²) in [5.41, 5.74) is 9.96. The fraction of sp³-hybridized carbons (Fsp3) is 0. The van der Waals surface area contributed by atoms with Gasteiger partial charge in [0.1, 0.15) is 11.6 Å². The standard InChI is InChI=1S/C71H45N7Si/c72-46-47-39-41-65-59(43-47)56-32-13-17-36-62(56)77(65)71-73-67(76-60-34-15-10-29-53(60)54-30-11-16-35-61(54)76)45-68(74-71)78-63-37-18-12-31-55(63)57-40-42-66-69(70(57)78)58-33-14-19-38-64(58)75(66)48-21-20-28-52(44-48)79(49-22-4-1-5-23-49,50-24-6-2-7-25-50)51-26-8-3-9-27-51/h1-45H. The molecular weight excluding hydrogens is 979 g/mol. The van der Waals surface area contributed by atoms with E-state index >= 15 is 0 Å². The number of para-hydroxylation sites is 5. The summed E-state index contributed by atoms with van der Waals surface area (Å²) in [6.45, 7) is 0. The largest absolute Gasteiger partial charge is 0.309 e. The van der Waals surface area contributed by atoms with Gasteiger partial charge in [-0.25, -0.2) is 0 Å². The number of aromatic nitrogens is 6. The van der Waals surface area contributed by atoms with Crippen LogP contribution in [0.2, 0.25) is 0 Å². The van der Waals surface area contributed by atoms with Crippen LogP contribution in [0, 0.1) is 11.3 Å². The smallest absolute Gasteiger partial charge is 0.238 e. The van der Waals surface area contributed by atoms with E-state index in [0.29, 0.717) is 11.5 Å². The maximum absolute atomic E-state index is 10.1. The molecule has 16 aromatic rings. The number of rotatable bonds is 8. The van der Waals surface area contributed by atoms with Gasteiger partial charge in [-0.15, -0.1) is 0 Å². The number of nitriles is 1. The van der Waals surface area contributed by atoms with Crippen molar-refractivity contribution in [3.05, 3.63) is 279 Å². The van der Waals surface area contributed by atoms with Crippen molar-refractivity contribution < 1.29 is 0 Å². The van der Waals surface area contributed by atoms with E-state index in [2.05, 4.69) is 279 Å². The predicted molar refractivity (Wildman–Crippen MR) is 328 cm³/mol. The topological polar surface area (TPSA) is 69.3 Å². The van der Waals surface area contributed by atoms with Crippen molar-refractivity contribution in [1.29, 1.82) is 5.26 Å². The van der Waals surface area contributed by atoms with E-state index < -0.39 is 8.07 Å². The summed E-state index contributed by atoms with van der Waals surface area (Å²) < 4.78 is 9.30. The van der Waals surface area contributed by atoms with Gasteiger partial charge >= 0.3 is 0 Å². The average molecular weight is 1020 g/mol. The second kappa shape index (κ2) is 17.5. The van der Waals surface area contributed by atoms with Crippen LogP contribution in [0.3, 0.4) is 0 Å². The number of hydrogen-bond donors (Lipinski definition) is 0. The molecular formula is C71H45N7Si. The van der Waals surface area contributed by atoms with E-state index in [1.807, 2.05) is 18.2 Å². The molecule has 0 amide bonds. The summed E-state index contributed by atoms with van der Waals surface area (Å²) in [4.78, 5) is 11.4. The molecule has 368 valence electrons. The van der Waals surface area contributed by atoms with Crippen LogP contribution in [-0.4, -0.2) is 36.3 Å². The van der Waals surface area contributed by atoms with Gasteiger partial charge in [0, 0.05) is 54.8 Å². The first-order chi connectivity index (χ1) is 39.2. The monoisotopic (exact) mass is 1020 g/mol. The van der Waals surface area contributed by atoms with Crippen LogP contribution in [0.25, 0.3) is 110 Å². The molecule has 0 aliphatic heterocycles. The third-order valence-electron chi connectivity index (χ3n) is 16.4. The van der Waals surface area contributed by atoms with Gasteiger partial charge in [0.2, 0.25) is 5.95 Å². The molecule has 0 spiro atoms. The Morgan fingerprint density at radius 2 is 0.734 bits per heavy atom. The molecule has 8 heteroatoms. The van der Waals surface area contributed by atoms with Crippen molar-refractivity contribution in [2.24, 2.45) is 0 Å². The zero-order valence-corrected chi connectivity index (χ0v) is 43.6. The van der Waals surface area contributed by atoms with Crippen LogP contribution in [0.4, 0.5) is 0 Å². The number of fused-ring (bicyclic) bond motifs is 13. The molecule has 5 aromatic heterocycles. The highest BCUT2D eigenvalue weighted by molar-refractivity contribution is 7.19. The molecule has 0 saturated carbocycles. The lowest BCUT2D eigenvalue weighted by molar-refractivity contribution is 0.919. The zero-order chi connectivity index (χ0) is 52.2. The first kappa shape index (κ1) is 44.7. The van der Waals surface area contributed by atoms with E-state index in [9.17, 15) is 5.26 Å². The molecule has 11 aromatic carbocycles. The molecule has 0 aliphatic rings. The molecule has 0 radical (unpaired) electrons. The lowest BCUT2D eigenvalue weighted by atomic mass is 10.1. The van der Waals surface area contributed by atoms with Crippen molar-refractivity contribution in [2.75, 3.05) is 0 Å². The van der Waals surface area contributed by atoms with Gasteiger partial charge in [-0.2, -0.15) is 15.2 Å². The third-order valence-corrected chi connectivity index (χ3v) is 21.1. The van der Waals surface area contributed by atoms with Gasteiger partial charge in [0.15, 0.2) is 8.07 Å². The normalized spacial score (nSPS) is 12.0. The van der Waals surface area contributed by atoms with Crippen molar-refractivity contribution >= 4 is 116 Å². The number of hydrogen-bond acceptors (Lipinski definition) is 3. The van der Waals surface area contributed by atoms with Crippen LogP contribution >= 0.6 is 0 Å². The van der Waals surface area contributed by atoms with Gasteiger partial charge in [0.25, 0.3) is 0 Å². The quantitative estimate of drug-likeness (QED) is 0.112. The van der Waals surface area contributed by atoms with Gasteiger partial charge < -0.3 is 4.57 Å². The Bertz CT molecular complexity index is 5010. The summed E-state index contributed by atoms with van der Waals surface area (Å²) in [6.07, 6.45) is 0. The van der Waals surface area contributed by atoms with Gasteiger partial charge in [0.05, 0.1) is 55.8 Å². The van der Waals surface area contributed by atoms with Crippen LogP contribution in [0.5, 0.6) is 0 Å². The lowest BCUT2D eigenvalue weighted by Gasteiger charge is -2.34. The van der Waals surface area contributed by atoms with Crippen LogP contribution < -0.4 is 20.7 Å². The molecule has 0 N–H and O–H groups in total. The molecule has 0 bridgehead atoms. The first-order valence-electron chi connectivity index (χ1n) is 26.7. The second-order valence-electron chi connectivity index (χ2n) is 20.4. The molecule has 0 fully saturated rings. The Morgan fingerprint density at radius 1 is 0.304 bits per heavy atom. The molecule has 16 rings (SSSR count). The van der Waals surface area contributed by atoms with Crippen molar-refractivity contribution in [2.45, 2.75) is 0 Å². The maximum Gasteiger partial charge on any atom is 0.238 e. The van der Waals surface area contributed by atoms with Crippen molar-refractivity contribution in [3.63, 3.8) is 0 Å². The van der Waals surface area contributed by atoms with E-state index in [0.717, 1.165) is 105 Å². The first-order valence-corrected chi connectivity index (χ1v) is 28.7. The average Bonchev–Trinajstić information content (AvgIpc) is 4.39. The Kier molecular flexibility index (Phi) is 9.89. The summed E-state index contributed by atoms with van der Waals surface area (Å²) in [6, 6.07) is 101. The van der Waals surface area contributed by atoms with Crippen molar-refractivity contribution in [1.82, 2.24) is 28.2 Å². The lowest BCUT2D eigenvalue weighted by Crippen LogP contribution is -2.74. The summed E-state index contributed by atoms with van der Waals surface area (Å²) in [5, 5.41) is 24.2. The fourth-order valence-corrected chi connectivity index (χ4v) is 17.9. The second-order valence-corrected chi connectivity index (χ2v) is 24.2. The highest BCUT2D eigenvalue weighted by Crippen LogP contribution is 2.43. The van der Waals surface area contributed by atoms with Crippen LogP contribution in [-0.2, 0) is 0 Å². The molecule has 0 saturated heterocycles. The van der Waals surface area contributed by atoms with Crippen LogP contribution in [0.15, 0.2) is 273 Å². The Labute approximate surface area is 455 Å². The van der Waals surface area contributed by atoms with Crippen LogP contribution in [0.1, 0.15) is 5.56 Å². The molecule has 0 aliphatic carbocycles. The molecule has 7 nitrogen and oxygen atoms in total. The Hall–Kier alpha value is -10.6. The molecule has 0 unspecified atom stereocenters. The number of benzene rings is 11. The predicted octanol–water partition coefficient (Wildman–Crippen LogP) is 14.1. The zero-order valence-electron chi connectivity index (χ0n) is 42.6. The maximum atomic E-state index is 10.1. The SMILES string of the molecule is N#Cc1ccc2c(c1)c1ccccc1n2-c1nc(-n2c3ccccc3c3ccccc32)cc(-n2c3ccccc3c3ccc4c(c5ccccc5n4-c4cccc([Si](c5ccccc5)(c5ccccc5)c5ccccc5)c4)c32)n1. The van der Waals surface area contributed by atoms with E-state index in [4.69, 9.17) is 9.97 Å². The Morgan fingerprint density at radius 3 is 1.30 bits per heavy atom. The number of nitrogens with zero attached hydrogens (tertiary/aromatic N) is 7. The van der Waals surface area contributed by atoms with Gasteiger partial charge in [-0.3, -0.25) is 13.7 Å². The van der Waals surface area contributed by atoms with Gasteiger partial charge in [-0.1, -0.05) is 200 Å². The highest BCUT2D eigenvalue weighted by atomic mass is 28.3. The van der Waals surface area contributed by atoms with Gasteiger partial charge in [-0.05, 0) is 87.5 Å². The molecule has 0 atom stereocenters. The fourth-order valence-electron chi connectivity index (χ4n) is 13.1. The van der Waals surface area contributed by atoms with E-state index in [-0.39, 0.29) is 0 Å². The summed E-state index contributed by atoms with van der Waals surface area (Å²) >= 11 is 0. The third kappa shape index (κ3) is 6.51. The highest BCUT2D eigenvalue weighted by Gasteiger charge is 2.41.